The van der Waals surface area contributed by atoms with Gasteiger partial charge in [0.2, 0.25) is 0 Å². The average Bonchev–Trinajstić information content (AvgIpc) is 3.18. The molecule has 2 heterocycles. The fourth-order valence-corrected chi connectivity index (χ4v) is 3.66. The van der Waals surface area contributed by atoms with Crippen molar-refractivity contribution in [3.63, 3.8) is 0 Å². The van der Waals surface area contributed by atoms with Gasteiger partial charge >= 0.3 is 6.18 Å². The van der Waals surface area contributed by atoms with Gasteiger partial charge in [0.1, 0.15) is 0 Å². The Labute approximate surface area is 157 Å². The largest absolute Gasteiger partial charge is 0.416 e. The standard InChI is InChI=1S/C21H25F3N2O/c22-21(23,24)19-8-6-18(7-9-19)20(27)26-15-10-17(11-16-26)5-1-2-12-25-13-3-4-14-25/h3-4,6-9,13-14,17H,1-2,5,10-12,15-16H2. The van der Waals surface area contributed by atoms with E-state index >= 15 is 0 Å². The summed E-state index contributed by atoms with van der Waals surface area (Å²) in [6.45, 7) is 2.41. The first-order valence-corrected chi connectivity index (χ1v) is 9.51. The summed E-state index contributed by atoms with van der Waals surface area (Å²) < 4.78 is 40.1. The van der Waals surface area contributed by atoms with Crippen molar-refractivity contribution in [1.29, 1.82) is 0 Å². The van der Waals surface area contributed by atoms with Crippen LogP contribution in [0.3, 0.4) is 0 Å². The monoisotopic (exact) mass is 378 g/mol. The molecule has 146 valence electrons. The average molecular weight is 378 g/mol. The van der Waals surface area contributed by atoms with E-state index in [0.717, 1.165) is 37.9 Å². The van der Waals surface area contributed by atoms with Crippen LogP contribution in [0.5, 0.6) is 0 Å². The predicted molar refractivity (Wildman–Crippen MR) is 98.4 cm³/mol. The first-order valence-electron chi connectivity index (χ1n) is 9.51. The van der Waals surface area contributed by atoms with Crippen molar-refractivity contribution in [3.8, 4) is 0 Å². The fraction of sp³-hybridized carbons (Fsp3) is 0.476. The Morgan fingerprint density at radius 2 is 1.63 bits per heavy atom. The number of unbranched alkanes of at least 4 members (excludes halogenated alkanes) is 1. The molecule has 3 rings (SSSR count). The maximum atomic E-state index is 12.6. The Bertz CT molecular complexity index is 715. The molecule has 0 bridgehead atoms. The number of carbonyl (C=O) groups is 1. The third-order valence-corrected chi connectivity index (χ3v) is 5.31. The van der Waals surface area contributed by atoms with E-state index in [-0.39, 0.29) is 5.91 Å². The van der Waals surface area contributed by atoms with E-state index < -0.39 is 11.7 Å². The van der Waals surface area contributed by atoms with Gasteiger partial charge in [-0.05, 0) is 61.6 Å². The number of aromatic nitrogens is 1. The Morgan fingerprint density at radius 3 is 2.22 bits per heavy atom. The molecule has 0 unspecified atom stereocenters. The van der Waals surface area contributed by atoms with Crippen LogP contribution in [-0.2, 0) is 12.7 Å². The predicted octanol–water partition coefficient (Wildman–Crippen LogP) is 5.23. The van der Waals surface area contributed by atoms with Gasteiger partial charge in [-0.2, -0.15) is 13.2 Å². The fourth-order valence-electron chi connectivity index (χ4n) is 3.66. The Kier molecular flexibility index (Phi) is 6.24. The second-order valence-corrected chi connectivity index (χ2v) is 7.23. The molecule has 1 aliphatic heterocycles. The maximum absolute atomic E-state index is 12.6. The lowest BCUT2D eigenvalue weighted by atomic mass is 9.91. The van der Waals surface area contributed by atoms with Gasteiger partial charge in [-0.1, -0.05) is 12.8 Å². The third kappa shape index (κ3) is 5.37. The minimum Gasteiger partial charge on any atom is -0.354 e. The molecule has 2 aromatic rings. The van der Waals surface area contributed by atoms with Crippen molar-refractivity contribution < 1.29 is 18.0 Å². The first-order chi connectivity index (χ1) is 12.9. The number of halogens is 3. The summed E-state index contributed by atoms with van der Waals surface area (Å²) in [5, 5.41) is 0. The van der Waals surface area contributed by atoms with Crippen LogP contribution < -0.4 is 0 Å². The van der Waals surface area contributed by atoms with Crippen LogP contribution in [0.1, 0.15) is 48.0 Å². The number of benzene rings is 1. The summed E-state index contributed by atoms with van der Waals surface area (Å²) in [7, 11) is 0. The summed E-state index contributed by atoms with van der Waals surface area (Å²) in [6.07, 6.45) is 5.21. The summed E-state index contributed by atoms with van der Waals surface area (Å²) in [5.74, 6) is 0.459. The molecule has 0 radical (unpaired) electrons. The zero-order valence-electron chi connectivity index (χ0n) is 15.3. The number of carbonyl (C=O) groups excluding carboxylic acids is 1. The van der Waals surface area contributed by atoms with Gasteiger partial charge < -0.3 is 9.47 Å². The Hall–Kier alpha value is -2.24. The number of rotatable bonds is 6. The van der Waals surface area contributed by atoms with Crippen molar-refractivity contribution in [2.24, 2.45) is 5.92 Å². The number of piperidine rings is 1. The van der Waals surface area contributed by atoms with Crippen molar-refractivity contribution in [1.82, 2.24) is 9.47 Å². The second-order valence-electron chi connectivity index (χ2n) is 7.23. The zero-order valence-corrected chi connectivity index (χ0v) is 15.3. The first kappa shape index (κ1) is 19.5. The highest BCUT2D eigenvalue weighted by Gasteiger charge is 2.30. The van der Waals surface area contributed by atoms with Crippen molar-refractivity contribution in [2.75, 3.05) is 13.1 Å². The summed E-state index contributed by atoms with van der Waals surface area (Å²) in [6, 6.07) is 8.57. The van der Waals surface area contributed by atoms with Crippen LogP contribution in [-0.4, -0.2) is 28.5 Å². The lowest BCUT2D eigenvalue weighted by Gasteiger charge is -2.32. The van der Waals surface area contributed by atoms with Gasteiger partial charge in [-0.15, -0.1) is 0 Å². The molecule has 1 aromatic heterocycles. The molecule has 0 N–H and O–H groups in total. The number of hydrogen-bond acceptors (Lipinski definition) is 1. The van der Waals surface area contributed by atoms with E-state index in [9.17, 15) is 18.0 Å². The van der Waals surface area contributed by atoms with E-state index in [1.807, 2.05) is 12.1 Å². The minimum absolute atomic E-state index is 0.171. The number of nitrogens with zero attached hydrogens (tertiary/aromatic N) is 2. The minimum atomic E-state index is -4.37. The van der Waals surface area contributed by atoms with E-state index in [1.165, 1.54) is 25.0 Å². The van der Waals surface area contributed by atoms with Crippen LogP contribution in [0.2, 0.25) is 0 Å². The molecule has 6 heteroatoms. The summed E-state index contributed by atoms with van der Waals surface area (Å²) in [4.78, 5) is 14.3. The van der Waals surface area contributed by atoms with Gasteiger partial charge in [0.15, 0.2) is 0 Å². The van der Waals surface area contributed by atoms with Gasteiger partial charge in [-0.25, -0.2) is 0 Å². The van der Waals surface area contributed by atoms with Crippen molar-refractivity contribution in [3.05, 3.63) is 59.9 Å². The summed E-state index contributed by atoms with van der Waals surface area (Å²) >= 11 is 0. The number of likely N-dealkylation sites (tertiary alicyclic amines) is 1. The van der Waals surface area contributed by atoms with Gasteiger partial charge in [-0.3, -0.25) is 4.79 Å². The SMILES string of the molecule is O=C(c1ccc(C(F)(F)F)cc1)N1CCC(CCCCn2cccc2)CC1. The number of alkyl halides is 3. The lowest BCUT2D eigenvalue weighted by molar-refractivity contribution is -0.137. The highest BCUT2D eigenvalue weighted by Crippen LogP contribution is 2.29. The third-order valence-electron chi connectivity index (χ3n) is 5.31. The molecule has 1 aromatic carbocycles. The zero-order chi connectivity index (χ0) is 19.3. The van der Waals surface area contributed by atoms with Crippen LogP contribution in [0.25, 0.3) is 0 Å². The van der Waals surface area contributed by atoms with Crippen molar-refractivity contribution >= 4 is 5.91 Å². The normalized spacial score (nSPS) is 15.9. The summed E-state index contributed by atoms with van der Waals surface area (Å²) in [5.41, 5.74) is -0.397. The van der Waals surface area contributed by atoms with E-state index in [4.69, 9.17) is 0 Å². The maximum Gasteiger partial charge on any atom is 0.416 e. The highest BCUT2D eigenvalue weighted by molar-refractivity contribution is 5.94. The van der Waals surface area contributed by atoms with Crippen LogP contribution in [0.15, 0.2) is 48.8 Å². The Morgan fingerprint density at radius 1 is 1.00 bits per heavy atom. The topological polar surface area (TPSA) is 25.2 Å². The van der Waals surface area contributed by atoms with E-state index in [0.29, 0.717) is 24.6 Å². The smallest absolute Gasteiger partial charge is 0.354 e. The molecule has 3 nitrogen and oxygen atoms in total. The number of amides is 1. The van der Waals surface area contributed by atoms with Crippen LogP contribution >= 0.6 is 0 Å². The molecule has 0 spiro atoms. The van der Waals surface area contributed by atoms with E-state index in [1.54, 1.807) is 4.90 Å². The molecule has 0 atom stereocenters. The molecule has 0 saturated carbocycles. The molecule has 1 saturated heterocycles. The molecular formula is C21H25F3N2O. The number of aryl methyl sites for hydroxylation is 1. The molecule has 0 aliphatic carbocycles. The lowest BCUT2D eigenvalue weighted by Crippen LogP contribution is -2.38. The van der Waals surface area contributed by atoms with Gasteiger partial charge in [0, 0.05) is 37.6 Å². The molecule has 27 heavy (non-hydrogen) atoms. The quantitative estimate of drug-likeness (QED) is 0.632. The van der Waals surface area contributed by atoms with E-state index in [2.05, 4.69) is 17.0 Å². The van der Waals surface area contributed by atoms with Crippen LogP contribution in [0, 0.1) is 5.92 Å². The van der Waals surface area contributed by atoms with Crippen molar-refractivity contribution in [2.45, 2.75) is 44.8 Å². The molecule has 1 fully saturated rings. The highest BCUT2D eigenvalue weighted by atomic mass is 19.4. The Balaban J connectivity index is 1.41. The molecular weight excluding hydrogens is 353 g/mol. The molecule has 1 aliphatic rings. The number of hydrogen-bond donors (Lipinski definition) is 0. The second kappa shape index (κ2) is 8.63. The van der Waals surface area contributed by atoms with Gasteiger partial charge in [0.25, 0.3) is 5.91 Å². The van der Waals surface area contributed by atoms with Gasteiger partial charge in [0.05, 0.1) is 5.56 Å². The molecule has 1 amide bonds. The van der Waals surface area contributed by atoms with Crippen LogP contribution in [0.4, 0.5) is 13.2 Å².